The Bertz CT molecular complexity index is 1780. The zero-order valence-corrected chi connectivity index (χ0v) is 27.0. The Balaban J connectivity index is 1.55. The molecule has 5 nitrogen and oxygen atoms in total. The summed E-state index contributed by atoms with van der Waals surface area (Å²) in [4.78, 5) is 11.1. The normalized spacial score (nSPS) is 13.7. The molecule has 2 aliphatic rings. The van der Waals surface area contributed by atoms with Crippen LogP contribution in [0.1, 0.15) is 58.2 Å². The number of fused-ring (bicyclic) bond motifs is 11. The van der Waals surface area contributed by atoms with E-state index >= 15 is 0 Å². The number of aromatic amines is 1. The monoisotopic (exact) mass is 584 g/mol. The third-order valence-electron chi connectivity index (χ3n) is 9.99. The van der Waals surface area contributed by atoms with Gasteiger partial charge in [-0.1, -0.05) is 30.3 Å². The smallest absolute Gasteiger partial charge is 0.188 e. The number of nitrogens with zero attached hydrogens (tertiary/aromatic N) is 3. The highest BCUT2D eigenvalue weighted by atomic mass is 16.5. The van der Waals surface area contributed by atoms with Crippen molar-refractivity contribution in [1.82, 2.24) is 4.98 Å². The topological polar surface area (TPSA) is 34.7 Å². The molecule has 0 amide bonds. The van der Waals surface area contributed by atoms with E-state index < -0.39 is 5.60 Å². The first-order valence-corrected chi connectivity index (χ1v) is 16.5. The highest BCUT2D eigenvalue weighted by molar-refractivity contribution is 5.99. The van der Waals surface area contributed by atoms with Crippen molar-refractivity contribution in [2.75, 3.05) is 54.0 Å². The molecule has 0 fully saturated rings. The summed E-state index contributed by atoms with van der Waals surface area (Å²) in [5, 5.41) is 1.21. The number of benzene rings is 4. The lowest BCUT2D eigenvalue weighted by Crippen LogP contribution is -2.37. The minimum Gasteiger partial charge on any atom is -0.472 e. The summed E-state index contributed by atoms with van der Waals surface area (Å²) in [6.45, 7) is 19.2. The quantitative estimate of drug-likeness (QED) is 0.187. The van der Waals surface area contributed by atoms with Gasteiger partial charge in [0.2, 0.25) is 0 Å². The highest BCUT2D eigenvalue weighted by Crippen LogP contribution is 2.61. The van der Waals surface area contributed by atoms with Crippen LogP contribution in [0.25, 0.3) is 33.3 Å². The van der Waals surface area contributed by atoms with Crippen molar-refractivity contribution in [3.8, 4) is 28.1 Å². The molecule has 1 spiro atoms. The second kappa shape index (κ2) is 11.0. The molecule has 1 N–H and O–H groups in total. The number of hydrogen-bond acceptors (Lipinski definition) is 4. The van der Waals surface area contributed by atoms with E-state index in [1.807, 2.05) is 0 Å². The summed E-state index contributed by atoms with van der Waals surface area (Å²) >= 11 is 0. The number of para-hydroxylation sites is 1. The molecule has 0 saturated heterocycles. The largest absolute Gasteiger partial charge is 0.472 e. The molecular formula is C39H44N4O. The second-order valence-electron chi connectivity index (χ2n) is 11.9. The Labute approximate surface area is 262 Å². The molecule has 4 aromatic carbocycles. The lowest BCUT2D eigenvalue weighted by Gasteiger charge is -2.38. The molecule has 0 bridgehead atoms. The maximum atomic E-state index is 7.47. The molecular weight excluding hydrogens is 540 g/mol. The molecule has 2 heterocycles. The van der Waals surface area contributed by atoms with E-state index in [1.54, 1.807) is 0 Å². The Hall–Kier alpha value is -4.38. The summed E-state index contributed by atoms with van der Waals surface area (Å²) < 4.78 is 7.47. The first-order valence-electron chi connectivity index (χ1n) is 16.5. The molecule has 44 heavy (non-hydrogen) atoms. The predicted molar refractivity (Wildman–Crippen MR) is 187 cm³/mol. The average Bonchev–Trinajstić information content (AvgIpc) is 3.58. The number of nitrogens with one attached hydrogen (secondary N) is 1. The van der Waals surface area contributed by atoms with Crippen molar-refractivity contribution in [3.63, 3.8) is 0 Å². The van der Waals surface area contributed by atoms with Gasteiger partial charge in [-0.3, -0.25) is 0 Å². The van der Waals surface area contributed by atoms with E-state index in [9.17, 15) is 0 Å². The van der Waals surface area contributed by atoms with Gasteiger partial charge < -0.3 is 24.4 Å². The van der Waals surface area contributed by atoms with Crippen LogP contribution in [-0.4, -0.2) is 44.3 Å². The Morgan fingerprint density at radius 2 is 1.05 bits per heavy atom. The van der Waals surface area contributed by atoms with E-state index in [0.29, 0.717) is 0 Å². The van der Waals surface area contributed by atoms with Gasteiger partial charge in [0.05, 0.1) is 5.69 Å². The Morgan fingerprint density at radius 3 is 1.57 bits per heavy atom. The van der Waals surface area contributed by atoms with E-state index in [4.69, 9.17) is 4.74 Å². The van der Waals surface area contributed by atoms with Crippen LogP contribution in [0, 0.1) is 0 Å². The van der Waals surface area contributed by atoms with Crippen LogP contribution in [0.4, 0.5) is 17.1 Å². The van der Waals surface area contributed by atoms with Gasteiger partial charge in [-0.2, -0.15) is 0 Å². The fourth-order valence-corrected chi connectivity index (χ4v) is 7.73. The average molecular weight is 585 g/mol. The number of rotatable bonds is 9. The van der Waals surface area contributed by atoms with Gasteiger partial charge >= 0.3 is 0 Å². The van der Waals surface area contributed by atoms with Gasteiger partial charge in [0.25, 0.3) is 0 Å². The molecule has 5 heteroatoms. The van der Waals surface area contributed by atoms with Crippen molar-refractivity contribution in [1.29, 1.82) is 0 Å². The third-order valence-corrected chi connectivity index (χ3v) is 9.99. The third kappa shape index (κ3) is 3.98. The predicted octanol–water partition coefficient (Wildman–Crippen LogP) is 9.04. The molecule has 1 aliphatic carbocycles. The second-order valence-corrected chi connectivity index (χ2v) is 11.9. The lowest BCUT2D eigenvalue weighted by atomic mass is 9.79. The van der Waals surface area contributed by atoms with Crippen LogP contribution in [0.5, 0.6) is 5.75 Å². The Morgan fingerprint density at radius 1 is 0.568 bits per heavy atom. The van der Waals surface area contributed by atoms with Gasteiger partial charge in [-0.25, -0.2) is 0 Å². The van der Waals surface area contributed by atoms with Gasteiger partial charge in [0, 0.05) is 89.5 Å². The maximum absolute atomic E-state index is 7.47. The fourth-order valence-electron chi connectivity index (χ4n) is 7.73. The van der Waals surface area contributed by atoms with E-state index in [1.165, 1.54) is 50.3 Å². The van der Waals surface area contributed by atoms with Crippen LogP contribution < -0.4 is 19.4 Å². The fraction of sp³-hybridized carbons (Fsp3) is 0.333. The van der Waals surface area contributed by atoms with E-state index in [2.05, 4.69) is 140 Å². The van der Waals surface area contributed by atoms with Crippen molar-refractivity contribution in [2.24, 2.45) is 0 Å². The van der Waals surface area contributed by atoms with Gasteiger partial charge in [-0.15, -0.1) is 0 Å². The molecule has 0 saturated carbocycles. The minimum atomic E-state index is -0.771. The van der Waals surface area contributed by atoms with Crippen molar-refractivity contribution in [3.05, 3.63) is 95.6 Å². The van der Waals surface area contributed by atoms with E-state index in [0.717, 1.165) is 61.8 Å². The molecule has 0 radical (unpaired) electrons. The van der Waals surface area contributed by atoms with Crippen molar-refractivity contribution >= 4 is 28.0 Å². The summed E-state index contributed by atoms with van der Waals surface area (Å²) in [7, 11) is 0. The summed E-state index contributed by atoms with van der Waals surface area (Å²) in [6.07, 6.45) is 0. The molecule has 7 rings (SSSR count). The molecule has 0 unspecified atom stereocenters. The minimum absolute atomic E-state index is 0.771. The first kappa shape index (κ1) is 28.4. The summed E-state index contributed by atoms with van der Waals surface area (Å²) in [5.74, 6) is 0.916. The van der Waals surface area contributed by atoms with Gasteiger partial charge in [0.15, 0.2) is 5.60 Å². The Kier molecular flexibility index (Phi) is 7.07. The van der Waals surface area contributed by atoms with Crippen LogP contribution in [0.3, 0.4) is 0 Å². The standard InChI is InChI=1S/C39H44N4O/c1-7-41(8-2)26-17-20-33-30(23-26)31-24-27(42(9-3)10-4)18-21-34(31)39(33)37-29-15-13-14-16-35(29)40-38(37)32-25-28(43(11-5)12-6)19-22-36(32)44-39/h13-25,40H,7-12H2,1-6H3. The molecule has 0 atom stereocenters. The first-order chi connectivity index (χ1) is 21.5. The SMILES string of the molecule is CCN(CC)c1ccc2c(c1)-c1[nH]c3ccccc3c1C1(O2)c2ccc(N(CC)CC)cc2-c2cc(N(CC)CC)ccc21. The molecule has 226 valence electrons. The van der Waals surface area contributed by atoms with Crippen molar-refractivity contribution in [2.45, 2.75) is 47.1 Å². The zero-order valence-electron chi connectivity index (χ0n) is 27.0. The van der Waals surface area contributed by atoms with Crippen molar-refractivity contribution < 1.29 is 4.74 Å². The molecule has 1 aromatic heterocycles. The van der Waals surface area contributed by atoms with Crippen LogP contribution in [-0.2, 0) is 5.60 Å². The highest BCUT2D eigenvalue weighted by Gasteiger charge is 2.52. The van der Waals surface area contributed by atoms with Crippen LogP contribution in [0.2, 0.25) is 0 Å². The van der Waals surface area contributed by atoms with E-state index in [-0.39, 0.29) is 0 Å². The van der Waals surface area contributed by atoms with Crippen LogP contribution in [0.15, 0.2) is 78.9 Å². The maximum Gasteiger partial charge on any atom is 0.188 e. The zero-order chi connectivity index (χ0) is 30.6. The number of anilines is 3. The number of H-pyrrole nitrogens is 1. The summed E-state index contributed by atoms with van der Waals surface area (Å²) in [5.41, 5.74) is 12.5. The number of ether oxygens (including phenoxy) is 1. The number of hydrogen-bond donors (Lipinski definition) is 1. The van der Waals surface area contributed by atoms with Gasteiger partial charge in [-0.05, 0) is 101 Å². The van der Waals surface area contributed by atoms with Crippen LogP contribution >= 0.6 is 0 Å². The lowest BCUT2D eigenvalue weighted by molar-refractivity contribution is 0.158. The van der Waals surface area contributed by atoms with Gasteiger partial charge in [0.1, 0.15) is 5.75 Å². The molecule has 1 aliphatic heterocycles. The summed E-state index contributed by atoms with van der Waals surface area (Å²) in [6, 6.07) is 29.5. The molecule has 5 aromatic rings. The number of aromatic nitrogens is 1.